The Labute approximate surface area is 117 Å². The van der Waals surface area contributed by atoms with Crippen LogP contribution < -0.4 is 5.69 Å². The third-order valence-electron chi connectivity index (χ3n) is 2.53. The summed E-state index contributed by atoms with van der Waals surface area (Å²) in [6.45, 7) is 7.03. The molecule has 112 valence electrons. The zero-order chi connectivity index (χ0) is 15.5. The third kappa shape index (κ3) is 4.32. The van der Waals surface area contributed by atoms with Crippen LogP contribution in [0.15, 0.2) is 4.79 Å². The Morgan fingerprint density at radius 1 is 1.30 bits per heavy atom. The highest BCUT2D eigenvalue weighted by Gasteiger charge is 2.17. The van der Waals surface area contributed by atoms with E-state index in [2.05, 4.69) is 5.10 Å². The van der Waals surface area contributed by atoms with Crippen molar-refractivity contribution in [3.8, 4) is 0 Å². The molecule has 0 radical (unpaired) electrons. The van der Waals surface area contributed by atoms with Crippen molar-refractivity contribution >= 4 is 11.8 Å². The molecule has 0 amide bonds. The van der Waals surface area contributed by atoms with Gasteiger partial charge >= 0.3 is 11.7 Å². The van der Waals surface area contributed by atoms with Crippen LogP contribution in [-0.4, -0.2) is 31.7 Å². The summed E-state index contributed by atoms with van der Waals surface area (Å²) in [7, 11) is 1.50. The van der Waals surface area contributed by atoms with E-state index in [-0.39, 0.29) is 36.2 Å². The van der Waals surface area contributed by atoms with Gasteiger partial charge in [0.05, 0.1) is 0 Å². The lowest BCUT2D eigenvalue weighted by atomic mass is 10.2. The molecule has 20 heavy (non-hydrogen) atoms. The van der Waals surface area contributed by atoms with Crippen molar-refractivity contribution in [2.45, 2.75) is 52.7 Å². The Hall–Kier alpha value is -1.92. The van der Waals surface area contributed by atoms with E-state index < -0.39 is 5.60 Å². The van der Waals surface area contributed by atoms with Crippen molar-refractivity contribution < 1.29 is 14.3 Å². The minimum Gasteiger partial charge on any atom is -0.460 e. The van der Waals surface area contributed by atoms with Crippen LogP contribution in [0.5, 0.6) is 0 Å². The number of carbonyl (C=O) groups is 2. The zero-order valence-electron chi connectivity index (χ0n) is 12.6. The van der Waals surface area contributed by atoms with Gasteiger partial charge in [-0.1, -0.05) is 0 Å². The molecule has 0 fully saturated rings. The second kappa shape index (κ2) is 6.02. The number of ketones is 1. The van der Waals surface area contributed by atoms with E-state index in [0.717, 1.165) is 0 Å². The van der Waals surface area contributed by atoms with Crippen molar-refractivity contribution in [1.82, 2.24) is 14.3 Å². The summed E-state index contributed by atoms with van der Waals surface area (Å²) in [5.74, 6) is -0.462. The Balaban J connectivity index is 2.59. The molecule has 0 spiro atoms. The molecule has 0 aliphatic carbocycles. The van der Waals surface area contributed by atoms with Gasteiger partial charge in [-0.2, -0.15) is 0 Å². The lowest BCUT2D eigenvalue weighted by Gasteiger charge is -2.19. The summed E-state index contributed by atoms with van der Waals surface area (Å²) >= 11 is 0. The maximum atomic E-state index is 11.8. The summed E-state index contributed by atoms with van der Waals surface area (Å²) < 4.78 is 7.57. The molecule has 0 aliphatic rings. The molecule has 7 nitrogen and oxygen atoms in total. The number of hydrogen-bond donors (Lipinski definition) is 0. The minimum absolute atomic E-state index is 0.118. The molecule has 0 atom stereocenters. The van der Waals surface area contributed by atoms with Gasteiger partial charge in [-0.15, -0.1) is 5.10 Å². The smallest absolute Gasteiger partial charge is 0.346 e. The molecular weight excluding hydrogens is 262 g/mol. The molecule has 0 aliphatic heterocycles. The number of nitrogens with zero attached hydrogens (tertiary/aromatic N) is 3. The normalized spacial score (nSPS) is 11.4. The Kier molecular flexibility index (Phi) is 4.86. The van der Waals surface area contributed by atoms with Gasteiger partial charge in [-0.25, -0.2) is 9.48 Å². The van der Waals surface area contributed by atoms with Gasteiger partial charge in [-0.3, -0.25) is 14.2 Å². The number of rotatable bonds is 5. The maximum absolute atomic E-state index is 11.8. The van der Waals surface area contributed by atoms with Crippen LogP contribution >= 0.6 is 0 Å². The van der Waals surface area contributed by atoms with Gasteiger partial charge in [0.25, 0.3) is 0 Å². The first-order chi connectivity index (χ1) is 9.11. The van der Waals surface area contributed by atoms with Gasteiger partial charge in [0.15, 0.2) is 11.6 Å². The molecule has 1 aromatic rings. The van der Waals surface area contributed by atoms with Crippen molar-refractivity contribution in [2.24, 2.45) is 7.05 Å². The van der Waals surface area contributed by atoms with Crippen LogP contribution in [0.25, 0.3) is 0 Å². The highest BCUT2D eigenvalue weighted by Crippen LogP contribution is 2.09. The van der Waals surface area contributed by atoms with Crippen LogP contribution in [0.4, 0.5) is 0 Å². The van der Waals surface area contributed by atoms with Gasteiger partial charge in [-0.05, 0) is 27.2 Å². The predicted molar refractivity (Wildman–Crippen MR) is 72.6 cm³/mol. The van der Waals surface area contributed by atoms with Crippen molar-refractivity contribution in [1.29, 1.82) is 0 Å². The standard InChI is InChI=1S/C13H21N3O4/c1-9(17)11-14-16(12(19)15(11)5)8-6-7-10(18)20-13(2,3)4/h6-8H2,1-5H3. The second-order valence-electron chi connectivity index (χ2n) is 5.63. The monoisotopic (exact) mass is 283 g/mol. The number of Topliss-reactive ketones (excluding diaryl/α,β-unsaturated/α-hetero) is 1. The van der Waals surface area contributed by atoms with Crippen LogP contribution in [0, 0.1) is 0 Å². The minimum atomic E-state index is -0.513. The second-order valence-corrected chi connectivity index (χ2v) is 5.63. The Morgan fingerprint density at radius 2 is 1.90 bits per heavy atom. The van der Waals surface area contributed by atoms with E-state index in [9.17, 15) is 14.4 Å². The van der Waals surface area contributed by atoms with E-state index in [1.165, 1.54) is 23.2 Å². The SMILES string of the molecule is CC(=O)c1nn(CCCC(=O)OC(C)(C)C)c(=O)n1C. The zero-order valence-corrected chi connectivity index (χ0v) is 12.6. The van der Waals surface area contributed by atoms with Gasteiger partial charge in [0, 0.05) is 26.9 Å². The average molecular weight is 283 g/mol. The fourth-order valence-corrected chi connectivity index (χ4v) is 1.71. The van der Waals surface area contributed by atoms with Crippen molar-refractivity contribution in [2.75, 3.05) is 0 Å². The fourth-order valence-electron chi connectivity index (χ4n) is 1.71. The lowest BCUT2D eigenvalue weighted by Crippen LogP contribution is -2.25. The summed E-state index contributed by atoms with van der Waals surface area (Å²) in [5, 5.41) is 3.95. The maximum Gasteiger partial charge on any atom is 0.346 e. The summed E-state index contributed by atoms with van der Waals surface area (Å²) in [6.07, 6.45) is 0.638. The van der Waals surface area contributed by atoms with E-state index >= 15 is 0 Å². The third-order valence-corrected chi connectivity index (χ3v) is 2.53. The molecule has 0 N–H and O–H groups in total. The molecule has 0 saturated heterocycles. The Morgan fingerprint density at radius 3 is 2.35 bits per heavy atom. The number of ether oxygens (including phenoxy) is 1. The average Bonchev–Trinajstić information content (AvgIpc) is 2.55. The first-order valence-corrected chi connectivity index (χ1v) is 6.48. The summed E-state index contributed by atoms with van der Waals surface area (Å²) in [4.78, 5) is 34.6. The molecule has 0 bridgehead atoms. The number of hydrogen-bond acceptors (Lipinski definition) is 5. The fraction of sp³-hybridized carbons (Fsp3) is 0.692. The highest BCUT2D eigenvalue weighted by atomic mass is 16.6. The van der Waals surface area contributed by atoms with Crippen LogP contribution in [-0.2, 0) is 23.1 Å². The van der Waals surface area contributed by atoms with Crippen molar-refractivity contribution in [3.63, 3.8) is 0 Å². The summed E-state index contributed by atoms with van der Waals surface area (Å²) in [5.41, 5.74) is -0.875. The van der Waals surface area contributed by atoms with E-state index in [1.54, 1.807) is 20.8 Å². The number of aryl methyl sites for hydroxylation is 1. The molecule has 0 saturated carbocycles. The van der Waals surface area contributed by atoms with Gasteiger partial charge in [0.2, 0.25) is 0 Å². The topological polar surface area (TPSA) is 83.2 Å². The summed E-state index contributed by atoms with van der Waals surface area (Å²) in [6, 6.07) is 0. The van der Waals surface area contributed by atoms with Crippen molar-refractivity contribution in [3.05, 3.63) is 16.3 Å². The first-order valence-electron chi connectivity index (χ1n) is 6.48. The molecule has 0 unspecified atom stereocenters. The molecule has 7 heteroatoms. The van der Waals surface area contributed by atoms with Crippen LogP contribution in [0.2, 0.25) is 0 Å². The van der Waals surface area contributed by atoms with Crippen LogP contribution in [0.3, 0.4) is 0 Å². The predicted octanol–water partition coefficient (Wildman–Crippen LogP) is 0.906. The molecule has 1 aromatic heterocycles. The number of aromatic nitrogens is 3. The lowest BCUT2D eigenvalue weighted by molar-refractivity contribution is -0.154. The Bertz CT molecular complexity index is 563. The van der Waals surface area contributed by atoms with Gasteiger partial charge in [0.1, 0.15) is 5.60 Å². The number of carbonyl (C=O) groups excluding carboxylic acids is 2. The van der Waals surface area contributed by atoms with E-state index in [4.69, 9.17) is 4.74 Å². The van der Waals surface area contributed by atoms with Crippen LogP contribution in [0.1, 0.15) is 51.2 Å². The molecular formula is C13H21N3O4. The quantitative estimate of drug-likeness (QED) is 0.592. The first kappa shape index (κ1) is 16.1. The van der Waals surface area contributed by atoms with E-state index in [1.807, 2.05) is 0 Å². The highest BCUT2D eigenvalue weighted by molar-refractivity contribution is 5.90. The molecule has 0 aromatic carbocycles. The van der Waals surface area contributed by atoms with Gasteiger partial charge < -0.3 is 4.74 Å². The molecule has 1 rings (SSSR count). The number of esters is 1. The largest absolute Gasteiger partial charge is 0.460 e. The molecule has 1 heterocycles. The van der Waals surface area contributed by atoms with E-state index in [0.29, 0.717) is 6.42 Å².